The van der Waals surface area contributed by atoms with Crippen LogP contribution in [0.1, 0.15) is 52.9 Å². The lowest BCUT2D eigenvalue weighted by Crippen LogP contribution is -2.41. The predicted molar refractivity (Wildman–Crippen MR) is 109 cm³/mol. The Balaban J connectivity index is 1.51. The van der Waals surface area contributed by atoms with Crippen molar-refractivity contribution in [1.82, 2.24) is 14.9 Å². The zero-order valence-electron chi connectivity index (χ0n) is 17.2. The molecule has 1 N–H and O–H groups in total. The number of nitrogens with zero attached hydrogens (tertiary/aromatic N) is 2. The standard InChI is InChI=1S/C21H30BN3O2/c1-14-11-18(25(6)13-14)19-23-12-17(24-19)15-7-9-16(10-8-15)22-26-20(2,3)21(4,5)27-22/h7-10,12,14,18H,11,13H2,1-6H3,(H,23,24). The van der Waals surface area contributed by atoms with E-state index in [1.807, 2.05) is 6.20 Å². The third-order valence-corrected chi connectivity index (χ3v) is 6.40. The van der Waals surface area contributed by atoms with E-state index in [0.29, 0.717) is 12.0 Å². The van der Waals surface area contributed by atoms with Gasteiger partial charge < -0.3 is 14.3 Å². The summed E-state index contributed by atoms with van der Waals surface area (Å²) in [5.74, 6) is 1.78. The van der Waals surface area contributed by atoms with Crippen molar-refractivity contribution in [3.8, 4) is 11.3 Å². The monoisotopic (exact) mass is 367 g/mol. The Kier molecular flexibility index (Phi) is 4.49. The minimum atomic E-state index is -0.326. The molecule has 5 nitrogen and oxygen atoms in total. The number of rotatable bonds is 3. The molecule has 1 aromatic heterocycles. The Morgan fingerprint density at radius 2 is 1.74 bits per heavy atom. The molecule has 27 heavy (non-hydrogen) atoms. The Hall–Kier alpha value is -1.63. The van der Waals surface area contributed by atoms with Crippen molar-refractivity contribution in [2.75, 3.05) is 13.6 Å². The molecule has 0 spiro atoms. The summed E-state index contributed by atoms with van der Waals surface area (Å²) in [6.07, 6.45) is 3.17. The van der Waals surface area contributed by atoms with E-state index in [1.165, 1.54) is 0 Å². The molecule has 2 aromatic rings. The fourth-order valence-corrected chi connectivity index (χ4v) is 4.02. The zero-order valence-corrected chi connectivity index (χ0v) is 17.2. The SMILES string of the molecule is CC1CC(c2nc(-c3ccc(B4OC(C)(C)C(C)(C)O4)cc3)c[nH]2)N(C)C1. The number of H-pyrrole nitrogens is 1. The van der Waals surface area contributed by atoms with E-state index in [2.05, 4.69) is 75.8 Å². The molecule has 2 aliphatic rings. The number of hydrogen-bond donors (Lipinski definition) is 1. The summed E-state index contributed by atoms with van der Waals surface area (Å²) in [4.78, 5) is 10.6. The molecule has 2 unspecified atom stereocenters. The van der Waals surface area contributed by atoms with E-state index >= 15 is 0 Å². The summed E-state index contributed by atoms with van der Waals surface area (Å²) in [7, 11) is 1.85. The molecule has 0 bridgehead atoms. The van der Waals surface area contributed by atoms with Gasteiger partial charge in [-0.05, 0) is 52.5 Å². The molecule has 1 aromatic carbocycles. The number of likely N-dealkylation sites (tertiary alicyclic amines) is 1. The summed E-state index contributed by atoms with van der Waals surface area (Å²) in [5.41, 5.74) is 2.48. The van der Waals surface area contributed by atoms with Crippen LogP contribution in [-0.4, -0.2) is 46.8 Å². The average molecular weight is 367 g/mol. The van der Waals surface area contributed by atoms with Crippen molar-refractivity contribution in [2.45, 2.75) is 58.3 Å². The van der Waals surface area contributed by atoms with Crippen LogP contribution in [0.5, 0.6) is 0 Å². The smallest absolute Gasteiger partial charge is 0.399 e. The van der Waals surface area contributed by atoms with Crippen LogP contribution < -0.4 is 5.46 Å². The number of aromatic nitrogens is 2. The molecule has 0 aliphatic carbocycles. The zero-order chi connectivity index (χ0) is 19.4. The van der Waals surface area contributed by atoms with Gasteiger partial charge in [-0.1, -0.05) is 31.2 Å². The predicted octanol–water partition coefficient (Wildman–Crippen LogP) is 3.39. The molecule has 0 saturated carbocycles. The van der Waals surface area contributed by atoms with E-state index < -0.39 is 0 Å². The van der Waals surface area contributed by atoms with Crippen LogP contribution >= 0.6 is 0 Å². The number of nitrogens with one attached hydrogen (secondary N) is 1. The van der Waals surface area contributed by atoms with Gasteiger partial charge in [0.05, 0.1) is 22.9 Å². The van der Waals surface area contributed by atoms with E-state index in [9.17, 15) is 0 Å². The highest BCUT2D eigenvalue weighted by Gasteiger charge is 2.51. The normalized spacial score (nSPS) is 27.4. The first-order chi connectivity index (χ1) is 12.7. The Morgan fingerprint density at radius 1 is 1.11 bits per heavy atom. The molecule has 0 radical (unpaired) electrons. The molecule has 2 aliphatic heterocycles. The van der Waals surface area contributed by atoms with E-state index in [-0.39, 0.29) is 18.3 Å². The van der Waals surface area contributed by atoms with Gasteiger partial charge in [-0.2, -0.15) is 0 Å². The van der Waals surface area contributed by atoms with Gasteiger partial charge in [0.15, 0.2) is 0 Å². The maximum atomic E-state index is 6.14. The van der Waals surface area contributed by atoms with Gasteiger partial charge >= 0.3 is 7.12 Å². The van der Waals surface area contributed by atoms with Crippen LogP contribution in [0.4, 0.5) is 0 Å². The quantitative estimate of drug-likeness (QED) is 0.845. The minimum absolute atomic E-state index is 0.322. The minimum Gasteiger partial charge on any atom is -0.399 e. The maximum absolute atomic E-state index is 6.14. The first kappa shape index (κ1) is 18.7. The summed E-state index contributed by atoms with van der Waals surface area (Å²) in [6, 6.07) is 8.74. The fraction of sp³-hybridized carbons (Fsp3) is 0.571. The van der Waals surface area contributed by atoms with Crippen molar-refractivity contribution >= 4 is 12.6 Å². The molecule has 2 fully saturated rings. The van der Waals surface area contributed by atoms with Crippen molar-refractivity contribution in [2.24, 2.45) is 5.92 Å². The van der Waals surface area contributed by atoms with Crippen molar-refractivity contribution in [3.05, 3.63) is 36.3 Å². The number of hydrogen-bond acceptors (Lipinski definition) is 4. The van der Waals surface area contributed by atoms with Crippen molar-refractivity contribution in [1.29, 1.82) is 0 Å². The van der Waals surface area contributed by atoms with Crippen LogP contribution in [0.3, 0.4) is 0 Å². The highest BCUT2D eigenvalue weighted by Crippen LogP contribution is 2.37. The summed E-state index contributed by atoms with van der Waals surface area (Å²) in [5, 5.41) is 0. The van der Waals surface area contributed by atoms with Crippen LogP contribution in [0.2, 0.25) is 0 Å². The summed E-state index contributed by atoms with van der Waals surface area (Å²) < 4.78 is 12.3. The lowest BCUT2D eigenvalue weighted by molar-refractivity contribution is 0.00578. The topological polar surface area (TPSA) is 50.4 Å². The second kappa shape index (κ2) is 6.47. The first-order valence-corrected chi connectivity index (χ1v) is 9.88. The number of aromatic amines is 1. The van der Waals surface area contributed by atoms with E-state index in [4.69, 9.17) is 14.3 Å². The Morgan fingerprint density at radius 3 is 2.30 bits per heavy atom. The third-order valence-electron chi connectivity index (χ3n) is 6.40. The van der Waals surface area contributed by atoms with Crippen molar-refractivity contribution < 1.29 is 9.31 Å². The number of imidazole rings is 1. The lowest BCUT2D eigenvalue weighted by atomic mass is 9.79. The summed E-state index contributed by atoms with van der Waals surface area (Å²) in [6.45, 7) is 11.7. The first-order valence-electron chi connectivity index (χ1n) is 9.88. The molecular formula is C21H30BN3O2. The average Bonchev–Trinajstić information content (AvgIpc) is 3.25. The molecule has 3 heterocycles. The molecule has 0 amide bonds. The van der Waals surface area contributed by atoms with Crippen LogP contribution in [0.15, 0.2) is 30.5 Å². The molecule has 4 rings (SSSR count). The highest BCUT2D eigenvalue weighted by molar-refractivity contribution is 6.62. The Labute approximate surface area is 162 Å². The molecule has 2 atom stereocenters. The van der Waals surface area contributed by atoms with Crippen LogP contribution in [0.25, 0.3) is 11.3 Å². The fourth-order valence-electron chi connectivity index (χ4n) is 4.02. The van der Waals surface area contributed by atoms with Gasteiger partial charge in [0.2, 0.25) is 0 Å². The van der Waals surface area contributed by atoms with Crippen molar-refractivity contribution in [3.63, 3.8) is 0 Å². The lowest BCUT2D eigenvalue weighted by Gasteiger charge is -2.32. The second-order valence-electron chi connectivity index (χ2n) is 9.18. The van der Waals surface area contributed by atoms with Gasteiger partial charge in [-0.25, -0.2) is 4.98 Å². The largest absolute Gasteiger partial charge is 0.494 e. The molecule has 144 valence electrons. The maximum Gasteiger partial charge on any atom is 0.494 e. The van der Waals surface area contributed by atoms with Crippen LogP contribution in [0, 0.1) is 5.92 Å². The molecular weight excluding hydrogens is 337 g/mol. The van der Waals surface area contributed by atoms with Gasteiger partial charge in [0.25, 0.3) is 0 Å². The summed E-state index contributed by atoms with van der Waals surface area (Å²) >= 11 is 0. The van der Waals surface area contributed by atoms with Gasteiger partial charge in [0.1, 0.15) is 5.82 Å². The van der Waals surface area contributed by atoms with E-state index in [1.54, 1.807) is 0 Å². The van der Waals surface area contributed by atoms with Gasteiger partial charge in [-0.15, -0.1) is 0 Å². The third kappa shape index (κ3) is 3.35. The van der Waals surface area contributed by atoms with Gasteiger partial charge in [-0.3, -0.25) is 4.90 Å². The number of benzene rings is 1. The molecule has 6 heteroatoms. The molecule has 2 saturated heterocycles. The van der Waals surface area contributed by atoms with E-state index in [0.717, 1.165) is 35.5 Å². The van der Waals surface area contributed by atoms with Crippen LogP contribution in [-0.2, 0) is 9.31 Å². The second-order valence-corrected chi connectivity index (χ2v) is 9.18. The highest BCUT2D eigenvalue weighted by atomic mass is 16.7. The Bertz CT molecular complexity index is 799. The van der Waals surface area contributed by atoms with Gasteiger partial charge in [0, 0.05) is 18.3 Å².